The van der Waals surface area contributed by atoms with Crippen molar-refractivity contribution in [2.75, 3.05) is 12.0 Å². The number of nitrogens with zero attached hydrogens (tertiary/aromatic N) is 1. The number of hydrogen-bond donors (Lipinski definition) is 3. The molecule has 0 aliphatic rings. The first-order valence-electron chi connectivity index (χ1n) is 8.24. The maximum absolute atomic E-state index is 13.3. The molecular weight excluding hydrogens is 407 g/mol. The van der Waals surface area contributed by atoms with Crippen molar-refractivity contribution >= 4 is 25.2 Å². The van der Waals surface area contributed by atoms with Gasteiger partial charge in [-0.2, -0.15) is 16.8 Å². The van der Waals surface area contributed by atoms with Crippen molar-refractivity contribution in [2.45, 2.75) is 18.8 Å². The largest absolute Gasteiger partial charge is 0.513 e. The highest BCUT2D eigenvalue weighted by atomic mass is 32.2. The summed E-state index contributed by atoms with van der Waals surface area (Å²) >= 11 is 1.49. The number of aliphatic hydroxyl groups is 2. The zero-order valence-electron chi connectivity index (χ0n) is 15.0. The van der Waals surface area contributed by atoms with Crippen LogP contribution in [0.5, 0.6) is 11.5 Å². The first-order valence-corrected chi connectivity index (χ1v) is 11.2. The monoisotopic (exact) mass is 428 g/mol. The van der Waals surface area contributed by atoms with Crippen molar-refractivity contribution in [1.82, 2.24) is 5.09 Å². The van der Waals surface area contributed by atoms with Gasteiger partial charge >= 0.3 is 7.75 Å². The van der Waals surface area contributed by atoms with E-state index in [-0.39, 0.29) is 17.2 Å². The highest BCUT2D eigenvalue weighted by Gasteiger charge is 2.34. The molecular formula is C17H21N2O7PS. The number of nitro benzene ring substituents is 1. The van der Waals surface area contributed by atoms with Crippen molar-refractivity contribution in [3.05, 3.63) is 64.7 Å². The van der Waals surface area contributed by atoms with Gasteiger partial charge in [-0.05, 0) is 42.7 Å². The number of para-hydroxylation sites is 1. The van der Waals surface area contributed by atoms with Crippen LogP contribution in [0.3, 0.4) is 0 Å². The van der Waals surface area contributed by atoms with E-state index in [1.807, 2.05) is 6.26 Å². The Morgan fingerprint density at radius 2 is 1.68 bits per heavy atom. The van der Waals surface area contributed by atoms with Gasteiger partial charge in [0.25, 0.3) is 5.69 Å². The van der Waals surface area contributed by atoms with Crippen molar-refractivity contribution in [1.29, 1.82) is 0 Å². The predicted molar refractivity (Wildman–Crippen MR) is 107 cm³/mol. The van der Waals surface area contributed by atoms with E-state index in [4.69, 9.17) is 9.05 Å². The van der Waals surface area contributed by atoms with Crippen LogP contribution in [0.4, 0.5) is 5.69 Å². The minimum absolute atomic E-state index is 0.0633. The van der Waals surface area contributed by atoms with Gasteiger partial charge in [0, 0.05) is 12.1 Å². The summed E-state index contributed by atoms with van der Waals surface area (Å²) in [5, 5.41) is 32.6. The topological polar surface area (TPSA) is 131 Å². The highest BCUT2D eigenvalue weighted by molar-refractivity contribution is 7.98. The number of aliphatic hydroxyl groups excluding tert-OH is 1. The summed E-state index contributed by atoms with van der Waals surface area (Å²) in [6.07, 6.45) is 0.360. The van der Waals surface area contributed by atoms with Crippen LogP contribution in [0.2, 0.25) is 0 Å². The molecule has 2 rings (SSSR count). The molecule has 2 atom stereocenters. The van der Waals surface area contributed by atoms with Crippen molar-refractivity contribution in [3.63, 3.8) is 0 Å². The van der Waals surface area contributed by atoms with Gasteiger partial charge in [-0.25, -0.2) is 4.57 Å². The van der Waals surface area contributed by atoms with E-state index in [0.29, 0.717) is 12.2 Å². The molecule has 2 aromatic carbocycles. The molecule has 0 saturated carbocycles. The minimum atomic E-state index is -4.10. The number of thioether (sulfide) groups is 1. The lowest BCUT2D eigenvalue weighted by Gasteiger charge is -2.26. The van der Waals surface area contributed by atoms with Crippen molar-refractivity contribution < 1.29 is 28.7 Å². The second-order valence-corrected chi connectivity index (χ2v) is 8.28. The zero-order valence-corrected chi connectivity index (χ0v) is 16.7. The van der Waals surface area contributed by atoms with Crippen LogP contribution in [-0.4, -0.2) is 39.5 Å². The predicted octanol–water partition coefficient (Wildman–Crippen LogP) is 3.18. The van der Waals surface area contributed by atoms with Crippen molar-refractivity contribution in [2.24, 2.45) is 0 Å². The Balaban J connectivity index is 2.26. The molecule has 1 unspecified atom stereocenters. The van der Waals surface area contributed by atoms with E-state index < -0.39 is 25.0 Å². The number of hydrogen-bond acceptors (Lipinski definition) is 8. The molecule has 0 heterocycles. The third kappa shape index (κ3) is 6.81. The Kier molecular flexibility index (Phi) is 8.28. The van der Waals surface area contributed by atoms with E-state index >= 15 is 0 Å². The molecule has 3 N–H and O–H groups in total. The smallest absolute Gasteiger partial charge is 0.405 e. The fourth-order valence-electron chi connectivity index (χ4n) is 2.19. The zero-order chi connectivity index (χ0) is 20.6. The number of benzene rings is 2. The summed E-state index contributed by atoms with van der Waals surface area (Å²) in [4.78, 5) is 10.2. The first-order chi connectivity index (χ1) is 13.3. The second kappa shape index (κ2) is 10.4. The Labute approximate surface area is 166 Å². The summed E-state index contributed by atoms with van der Waals surface area (Å²) in [5.74, 6) is 0.891. The van der Waals surface area contributed by atoms with Crippen LogP contribution in [-0.2, 0) is 4.57 Å². The van der Waals surface area contributed by atoms with Gasteiger partial charge in [0.2, 0.25) is 0 Å². The summed E-state index contributed by atoms with van der Waals surface area (Å²) < 4.78 is 24.3. The van der Waals surface area contributed by atoms with Crippen molar-refractivity contribution in [3.8, 4) is 11.5 Å². The molecule has 0 aromatic heterocycles. The van der Waals surface area contributed by atoms with E-state index in [2.05, 4.69) is 5.09 Å². The van der Waals surface area contributed by atoms with E-state index in [0.717, 1.165) is 0 Å². The molecule has 28 heavy (non-hydrogen) atoms. The molecule has 0 amide bonds. The average Bonchev–Trinajstić information content (AvgIpc) is 2.66. The standard InChI is InChI=1S/C17H21N2O7PS/c1-28-12-11-16(17(20)21)18-27(24,25-14-5-3-2-4-6-14)26-15-9-7-13(8-10-15)19(22)23/h2-10,16-17,20-21H,11-12H2,1H3,(H,18,24)/t16-,27?/m0/s1. The molecule has 2 aromatic rings. The summed E-state index contributed by atoms with van der Waals surface area (Å²) in [6, 6.07) is 12.2. The number of nitro groups is 1. The third-order valence-corrected chi connectivity index (χ3v) is 5.75. The van der Waals surface area contributed by atoms with Crippen LogP contribution in [0.1, 0.15) is 6.42 Å². The Morgan fingerprint density at radius 3 is 2.18 bits per heavy atom. The van der Waals surface area contributed by atoms with Gasteiger partial charge in [-0.3, -0.25) is 10.1 Å². The minimum Gasteiger partial charge on any atom is -0.405 e. The number of non-ortho nitro benzene ring substituents is 1. The molecule has 0 spiro atoms. The lowest BCUT2D eigenvalue weighted by atomic mass is 10.2. The molecule has 0 aliphatic heterocycles. The van der Waals surface area contributed by atoms with Gasteiger partial charge in [0.1, 0.15) is 11.5 Å². The Morgan fingerprint density at radius 1 is 1.11 bits per heavy atom. The van der Waals surface area contributed by atoms with Gasteiger partial charge in [0.05, 0.1) is 11.0 Å². The lowest BCUT2D eigenvalue weighted by Crippen LogP contribution is -2.40. The Bertz CT molecular complexity index is 805. The molecule has 11 heteroatoms. The number of rotatable bonds is 11. The van der Waals surface area contributed by atoms with Crippen LogP contribution >= 0.6 is 19.5 Å². The fraction of sp³-hybridized carbons (Fsp3) is 0.294. The highest BCUT2D eigenvalue weighted by Crippen LogP contribution is 2.46. The molecule has 152 valence electrons. The summed E-state index contributed by atoms with van der Waals surface area (Å²) in [7, 11) is -4.10. The van der Waals surface area contributed by atoms with E-state index in [9.17, 15) is 24.9 Å². The summed E-state index contributed by atoms with van der Waals surface area (Å²) in [5.41, 5.74) is -0.150. The van der Waals surface area contributed by atoms with E-state index in [1.54, 1.807) is 30.3 Å². The quantitative estimate of drug-likeness (QED) is 0.214. The van der Waals surface area contributed by atoms with Crippen LogP contribution in [0.15, 0.2) is 54.6 Å². The van der Waals surface area contributed by atoms with Crippen LogP contribution in [0, 0.1) is 10.1 Å². The Hall–Kier alpha value is -2.10. The van der Waals surface area contributed by atoms with Crippen LogP contribution in [0.25, 0.3) is 0 Å². The molecule has 0 radical (unpaired) electrons. The molecule has 0 aliphatic carbocycles. The molecule has 0 fully saturated rings. The van der Waals surface area contributed by atoms with E-state index in [1.165, 1.54) is 36.0 Å². The molecule has 0 bridgehead atoms. The maximum atomic E-state index is 13.3. The van der Waals surface area contributed by atoms with Gasteiger partial charge < -0.3 is 19.3 Å². The maximum Gasteiger partial charge on any atom is 0.513 e. The van der Waals surface area contributed by atoms with Gasteiger partial charge in [-0.15, -0.1) is 0 Å². The lowest BCUT2D eigenvalue weighted by molar-refractivity contribution is -0.384. The second-order valence-electron chi connectivity index (χ2n) is 5.67. The number of nitrogens with one attached hydrogen (secondary N) is 1. The normalized spacial score (nSPS) is 14.3. The van der Waals surface area contributed by atoms with Gasteiger partial charge in [-0.1, -0.05) is 18.2 Å². The SMILES string of the molecule is CSCC[C@H](NP(=O)(Oc1ccccc1)Oc1ccc([N+](=O)[O-])cc1)C(O)O. The molecule has 0 saturated heterocycles. The molecule has 9 nitrogen and oxygen atoms in total. The third-order valence-electron chi connectivity index (χ3n) is 3.56. The summed E-state index contributed by atoms with van der Waals surface area (Å²) in [6.45, 7) is 0. The fourth-order valence-corrected chi connectivity index (χ4v) is 4.29. The average molecular weight is 428 g/mol. The van der Waals surface area contributed by atoms with Gasteiger partial charge in [0.15, 0.2) is 6.29 Å². The van der Waals surface area contributed by atoms with Crippen LogP contribution < -0.4 is 14.1 Å². The first kappa shape index (κ1) is 22.2.